The van der Waals surface area contributed by atoms with E-state index in [0.29, 0.717) is 6.04 Å². The zero-order chi connectivity index (χ0) is 16.4. The molecule has 4 rings (SSSR count). The molecular weight excluding hydrogens is 296 g/mol. The van der Waals surface area contributed by atoms with Crippen LogP contribution in [0.1, 0.15) is 36.0 Å². The molecule has 1 atom stereocenters. The molecule has 122 valence electrons. The van der Waals surface area contributed by atoms with E-state index in [2.05, 4.69) is 58.4 Å². The summed E-state index contributed by atoms with van der Waals surface area (Å²) in [6.45, 7) is 4.13. The van der Waals surface area contributed by atoms with Crippen molar-refractivity contribution in [2.24, 2.45) is 0 Å². The Bertz CT molecular complexity index is 809. The van der Waals surface area contributed by atoms with Crippen molar-refractivity contribution in [1.29, 1.82) is 0 Å². The van der Waals surface area contributed by atoms with Crippen LogP contribution in [0.15, 0.2) is 60.9 Å². The van der Waals surface area contributed by atoms with Gasteiger partial charge in [-0.2, -0.15) is 0 Å². The Labute approximate surface area is 142 Å². The lowest BCUT2D eigenvalue weighted by atomic mass is 10.1. The fourth-order valence-electron chi connectivity index (χ4n) is 3.55. The van der Waals surface area contributed by atoms with Gasteiger partial charge in [-0.1, -0.05) is 36.4 Å². The number of hydrogen-bond acceptors (Lipinski definition) is 3. The summed E-state index contributed by atoms with van der Waals surface area (Å²) in [5.41, 5.74) is 2.53. The summed E-state index contributed by atoms with van der Waals surface area (Å²) in [6, 6.07) is 17.4. The van der Waals surface area contributed by atoms with Crippen LogP contribution in [-0.4, -0.2) is 26.0 Å². The smallest absolute Gasteiger partial charge is 0.138 e. The van der Waals surface area contributed by atoms with Crippen molar-refractivity contribution in [3.63, 3.8) is 0 Å². The standard InChI is InChI=1S/C20H22N4/c1-16-21-12-14-24(16)20-11-5-9-18(22-20)19-10-6-13-23(19)15-17-7-3-2-4-8-17/h2-5,7-9,11-12,14,19H,6,10,13,15H2,1H3/t19-/m1/s1. The van der Waals surface area contributed by atoms with Crippen molar-refractivity contribution in [2.45, 2.75) is 32.4 Å². The maximum Gasteiger partial charge on any atom is 0.138 e. The average Bonchev–Trinajstić information content (AvgIpc) is 3.25. The Balaban J connectivity index is 1.59. The van der Waals surface area contributed by atoms with Crippen LogP contribution in [-0.2, 0) is 6.54 Å². The molecule has 0 radical (unpaired) electrons. The van der Waals surface area contributed by atoms with Gasteiger partial charge in [0.05, 0.1) is 11.7 Å². The third-order valence-electron chi connectivity index (χ3n) is 4.76. The Hall–Kier alpha value is -2.46. The van der Waals surface area contributed by atoms with E-state index >= 15 is 0 Å². The van der Waals surface area contributed by atoms with Gasteiger partial charge in [0.1, 0.15) is 11.6 Å². The fraction of sp³-hybridized carbons (Fsp3) is 0.300. The average molecular weight is 318 g/mol. The van der Waals surface area contributed by atoms with E-state index in [9.17, 15) is 0 Å². The molecule has 1 aliphatic rings. The first-order valence-corrected chi connectivity index (χ1v) is 8.56. The van der Waals surface area contributed by atoms with Crippen LogP contribution in [0, 0.1) is 6.92 Å². The molecule has 0 N–H and O–H groups in total. The minimum atomic E-state index is 0.397. The lowest BCUT2D eigenvalue weighted by Crippen LogP contribution is -2.23. The first kappa shape index (κ1) is 15.1. The number of aromatic nitrogens is 3. The van der Waals surface area contributed by atoms with Gasteiger partial charge in [0, 0.05) is 18.9 Å². The third-order valence-corrected chi connectivity index (χ3v) is 4.76. The molecule has 0 aliphatic carbocycles. The second-order valence-electron chi connectivity index (χ2n) is 6.38. The summed E-state index contributed by atoms with van der Waals surface area (Å²) in [4.78, 5) is 11.8. The van der Waals surface area contributed by atoms with Crippen LogP contribution in [0.5, 0.6) is 0 Å². The Kier molecular flexibility index (Phi) is 4.13. The molecule has 1 aliphatic heterocycles. The summed E-state index contributed by atoms with van der Waals surface area (Å²) in [5.74, 6) is 1.92. The van der Waals surface area contributed by atoms with Crippen molar-refractivity contribution in [3.05, 3.63) is 78.0 Å². The normalized spacial score (nSPS) is 18.1. The predicted octanol–water partition coefficient (Wildman–Crippen LogP) is 3.91. The van der Waals surface area contributed by atoms with Crippen molar-refractivity contribution in [2.75, 3.05) is 6.54 Å². The first-order valence-electron chi connectivity index (χ1n) is 8.56. The van der Waals surface area contributed by atoms with E-state index in [1.807, 2.05) is 23.9 Å². The van der Waals surface area contributed by atoms with Crippen molar-refractivity contribution >= 4 is 0 Å². The van der Waals surface area contributed by atoms with Crippen molar-refractivity contribution < 1.29 is 0 Å². The van der Waals surface area contributed by atoms with Crippen LogP contribution in [0.2, 0.25) is 0 Å². The zero-order valence-corrected chi connectivity index (χ0v) is 14.0. The molecule has 24 heavy (non-hydrogen) atoms. The fourth-order valence-corrected chi connectivity index (χ4v) is 3.55. The minimum Gasteiger partial charge on any atom is -0.291 e. The van der Waals surface area contributed by atoms with Gasteiger partial charge in [0.2, 0.25) is 0 Å². The monoisotopic (exact) mass is 318 g/mol. The minimum absolute atomic E-state index is 0.397. The van der Waals surface area contributed by atoms with Gasteiger partial charge in [-0.15, -0.1) is 0 Å². The summed E-state index contributed by atoms with van der Waals surface area (Å²) in [6.07, 6.45) is 6.19. The van der Waals surface area contributed by atoms with Crippen LogP contribution in [0.25, 0.3) is 5.82 Å². The Morgan fingerprint density at radius 2 is 1.96 bits per heavy atom. The molecule has 0 bridgehead atoms. The molecule has 1 saturated heterocycles. The number of hydrogen-bond donors (Lipinski definition) is 0. The Morgan fingerprint density at radius 3 is 2.75 bits per heavy atom. The number of rotatable bonds is 4. The van der Waals surface area contributed by atoms with Crippen LogP contribution in [0.3, 0.4) is 0 Å². The van der Waals surface area contributed by atoms with Gasteiger partial charge in [-0.3, -0.25) is 9.47 Å². The number of pyridine rings is 1. The molecule has 0 saturated carbocycles. The molecule has 1 aromatic carbocycles. The SMILES string of the molecule is Cc1nccn1-c1cccc([C@H]2CCCN2Cc2ccccc2)n1. The molecular formula is C20H22N4. The maximum absolute atomic E-state index is 4.93. The predicted molar refractivity (Wildman–Crippen MR) is 94.9 cm³/mol. The van der Waals surface area contributed by atoms with Gasteiger partial charge in [-0.25, -0.2) is 9.97 Å². The number of likely N-dealkylation sites (tertiary alicyclic amines) is 1. The highest BCUT2D eigenvalue weighted by Gasteiger charge is 2.27. The molecule has 2 aromatic heterocycles. The van der Waals surface area contributed by atoms with Crippen molar-refractivity contribution in [1.82, 2.24) is 19.4 Å². The Morgan fingerprint density at radius 1 is 1.08 bits per heavy atom. The number of aryl methyl sites for hydroxylation is 1. The number of nitrogens with zero attached hydrogens (tertiary/aromatic N) is 4. The molecule has 3 heterocycles. The summed E-state index contributed by atoms with van der Waals surface area (Å²) in [5, 5.41) is 0. The van der Waals surface area contributed by atoms with Crippen molar-refractivity contribution in [3.8, 4) is 5.82 Å². The first-order chi connectivity index (χ1) is 11.8. The second kappa shape index (κ2) is 6.57. The largest absolute Gasteiger partial charge is 0.291 e. The maximum atomic E-state index is 4.93. The second-order valence-corrected chi connectivity index (χ2v) is 6.38. The summed E-state index contributed by atoms with van der Waals surface area (Å²) < 4.78 is 2.04. The van der Waals surface area contributed by atoms with E-state index in [4.69, 9.17) is 4.98 Å². The van der Waals surface area contributed by atoms with Gasteiger partial charge >= 0.3 is 0 Å². The molecule has 0 amide bonds. The van der Waals surface area contributed by atoms with Crippen LogP contribution >= 0.6 is 0 Å². The molecule has 0 spiro atoms. The molecule has 3 aromatic rings. The third kappa shape index (κ3) is 2.97. The summed E-state index contributed by atoms with van der Waals surface area (Å²) >= 11 is 0. The van der Waals surface area contributed by atoms with Gasteiger partial charge < -0.3 is 0 Å². The summed E-state index contributed by atoms with van der Waals surface area (Å²) in [7, 11) is 0. The van der Waals surface area contributed by atoms with Crippen LogP contribution < -0.4 is 0 Å². The van der Waals surface area contributed by atoms with E-state index in [0.717, 1.165) is 30.4 Å². The lowest BCUT2D eigenvalue weighted by molar-refractivity contribution is 0.244. The van der Waals surface area contributed by atoms with Gasteiger partial charge in [-0.05, 0) is 44.0 Å². The molecule has 4 heteroatoms. The lowest BCUT2D eigenvalue weighted by Gasteiger charge is -2.24. The van der Waals surface area contributed by atoms with E-state index in [1.165, 1.54) is 18.4 Å². The van der Waals surface area contributed by atoms with Gasteiger partial charge in [0.25, 0.3) is 0 Å². The molecule has 0 unspecified atom stereocenters. The zero-order valence-electron chi connectivity index (χ0n) is 14.0. The van der Waals surface area contributed by atoms with Crippen LogP contribution in [0.4, 0.5) is 0 Å². The van der Waals surface area contributed by atoms with E-state index in [-0.39, 0.29) is 0 Å². The van der Waals surface area contributed by atoms with Gasteiger partial charge in [0.15, 0.2) is 0 Å². The molecule has 1 fully saturated rings. The highest BCUT2D eigenvalue weighted by molar-refractivity contribution is 5.28. The van der Waals surface area contributed by atoms with E-state index < -0.39 is 0 Å². The highest BCUT2D eigenvalue weighted by Crippen LogP contribution is 2.32. The molecule has 4 nitrogen and oxygen atoms in total. The topological polar surface area (TPSA) is 34.0 Å². The number of benzene rings is 1. The number of imidazole rings is 1. The highest BCUT2D eigenvalue weighted by atomic mass is 15.2. The van der Waals surface area contributed by atoms with E-state index in [1.54, 1.807) is 0 Å². The quantitative estimate of drug-likeness (QED) is 0.731.